The molecule has 0 aliphatic carbocycles. The maximum absolute atomic E-state index is 12.0. The Morgan fingerprint density at radius 2 is 2.14 bits per heavy atom. The third-order valence-corrected chi connectivity index (χ3v) is 4.74. The Hall–Kier alpha value is -1.07. The molecule has 0 radical (unpaired) electrons. The van der Waals surface area contributed by atoms with Crippen molar-refractivity contribution in [1.29, 1.82) is 0 Å². The molecule has 2 rings (SSSR count). The lowest BCUT2D eigenvalue weighted by Crippen LogP contribution is -2.29. The number of carbonyl (C=O) groups is 1. The van der Waals surface area contributed by atoms with E-state index in [-0.39, 0.29) is 11.9 Å². The molecule has 1 aromatic carbocycles. The average Bonchev–Trinajstić information content (AvgIpc) is 2.74. The number of halogens is 1. The van der Waals surface area contributed by atoms with Crippen LogP contribution in [0.5, 0.6) is 0 Å². The van der Waals surface area contributed by atoms with Crippen molar-refractivity contribution in [2.24, 2.45) is 0 Å². The van der Waals surface area contributed by atoms with Gasteiger partial charge in [-0.25, -0.2) is 0 Å². The van der Waals surface area contributed by atoms with Crippen LogP contribution in [0.3, 0.4) is 0 Å². The van der Waals surface area contributed by atoms with Crippen molar-refractivity contribution in [3.8, 4) is 0 Å². The van der Waals surface area contributed by atoms with E-state index in [4.69, 9.17) is 0 Å². The van der Waals surface area contributed by atoms with Crippen LogP contribution in [-0.4, -0.2) is 25.5 Å². The number of hydrogen-bond acceptors (Lipinski definition) is 3. The van der Waals surface area contributed by atoms with Gasteiger partial charge in [-0.1, -0.05) is 20.3 Å². The van der Waals surface area contributed by atoms with Gasteiger partial charge in [-0.2, -0.15) is 0 Å². The zero-order valence-corrected chi connectivity index (χ0v) is 14.8. The van der Waals surface area contributed by atoms with E-state index in [9.17, 15) is 4.79 Å². The molecular formula is C16H24BrN3O. The molecule has 5 heteroatoms. The second-order valence-electron chi connectivity index (χ2n) is 5.62. The summed E-state index contributed by atoms with van der Waals surface area (Å²) >= 11 is 3.66. The zero-order chi connectivity index (χ0) is 15.6. The lowest BCUT2D eigenvalue weighted by Gasteiger charge is -2.28. The van der Waals surface area contributed by atoms with Crippen molar-refractivity contribution < 1.29 is 4.79 Å². The maximum atomic E-state index is 12.0. The molecule has 0 saturated heterocycles. The van der Waals surface area contributed by atoms with Crippen molar-refractivity contribution in [2.45, 2.75) is 45.7 Å². The van der Waals surface area contributed by atoms with Crippen LogP contribution in [0.2, 0.25) is 0 Å². The predicted molar refractivity (Wildman–Crippen MR) is 92.0 cm³/mol. The lowest BCUT2D eigenvalue weighted by molar-refractivity contribution is -0.117. The highest BCUT2D eigenvalue weighted by Crippen LogP contribution is 2.39. The average molecular weight is 354 g/mol. The molecule has 1 amide bonds. The summed E-state index contributed by atoms with van der Waals surface area (Å²) < 4.78 is 1.03. The summed E-state index contributed by atoms with van der Waals surface area (Å²) in [6.45, 7) is 7.20. The fraction of sp³-hybridized carbons (Fsp3) is 0.562. The standard InChI is InChI=1S/C16H24BrN3O/c1-5-7-10(3)20(4)14-9-13-11(8-12(14)17)15(18-6-2)16(21)19-13/h8-10,15,18H,5-7H2,1-4H3,(H,19,21). The molecule has 1 aromatic rings. The minimum atomic E-state index is -0.242. The summed E-state index contributed by atoms with van der Waals surface area (Å²) in [6, 6.07) is 4.35. The highest BCUT2D eigenvalue weighted by Gasteiger charge is 2.31. The molecule has 4 nitrogen and oxygen atoms in total. The number of rotatable bonds is 6. The highest BCUT2D eigenvalue weighted by atomic mass is 79.9. The Morgan fingerprint density at radius 1 is 1.43 bits per heavy atom. The summed E-state index contributed by atoms with van der Waals surface area (Å²) in [5, 5.41) is 6.20. The first-order chi connectivity index (χ1) is 9.99. The molecule has 1 heterocycles. The molecule has 0 saturated carbocycles. The van der Waals surface area contributed by atoms with Gasteiger partial charge in [0, 0.05) is 28.8 Å². The number of nitrogens with zero attached hydrogens (tertiary/aromatic N) is 1. The van der Waals surface area contributed by atoms with Gasteiger partial charge in [-0.05, 0) is 48.0 Å². The molecule has 1 aliphatic heterocycles. The largest absolute Gasteiger partial charge is 0.371 e. The quantitative estimate of drug-likeness (QED) is 0.819. The molecule has 0 spiro atoms. The number of fused-ring (bicyclic) bond motifs is 1. The number of carbonyl (C=O) groups excluding carboxylic acids is 1. The molecule has 0 fully saturated rings. The van der Waals surface area contributed by atoms with Crippen molar-refractivity contribution in [2.75, 3.05) is 23.8 Å². The fourth-order valence-corrected chi connectivity index (χ4v) is 3.44. The highest BCUT2D eigenvalue weighted by molar-refractivity contribution is 9.10. The Labute approximate surface area is 135 Å². The van der Waals surface area contributed by atoms with Crippen molar-refractivity contribution >= 4 is 33.2 Å². The van der Waals surface area contributed by atoms with Crippen LogP contribution < -0.4 is 15.5 Å². The van der Waals surface area contributed by atoms with Gasteiger partial charge < -0.3 is 15.5 Å². The fourth-order valence-electron chi connectivity index (χ4n) is 2.80. The van der Waals surface area contributed by atoms with Crippen LogP contribution in [0.15, 0.2) is 16.6 Å². The van der Waals surface area contributed by atoms with E-state index in [1.54, 1.807) is 0 Å². The first kappa shape index (κ1) is 16.3. The zero-order valence-electron chi connectivity index (χ0n) is 13.2. The van der Waals surface area contributed by atoms with Gasteiger partial charge in [0.1, 0.15) is 6.04 Å². The number of amides is 1. The van der Waals surface area contributed by atoms with E-state index in [1.165, 1.54) is 0 Å². The Kier molecular flexibility index (Phi) is 5.27. The number of likely N-dealkylation sites (N-methyl/N-ethyl adjacent to an activating group) is 1. The molecule has 21 heavy (non-hydrogen) atoms. The second kappa shape index (κ2) is 6.79. The van der Waals surface area contributed by atoms with Gasteiger partial charge in [-0.3, -0.25) is 4.79 Å². The van der Waals surface area contributed by atoms with Gasteiger partial charge >= 0.3 is 0 Å². The number of nitrogens with one attached hydrogen (secondary N) is 2. The van der Waals surface area contributed by atoms with Gasteiger partial charge in [-0.15, -0.1) is 0 Å². The number of benzene rings is 1. The van der Waals surface area contributed by atoms with Gasteiger partial charge in [0.2, 0.25) is 5.91 Å². The maximum Gasteiger partial charge on any atom is 0.246 e. The Balaban J connectivity index is 2.32. The summed E-state index contributed by atoms with van der Waals surface area (Å²) in [7, 11) is 2.10. The summed E-state index contributed by atoms with van der Waals surface area (Å²) in [6.07, 6.45) is 2.31. The minimum Gasteiger partial charge on any atom is -0.371 e. The first-order valence-electron chi connectivity index (χ1n) is 7.60. The van der Waals surface area contributed by atoms with Crippen LogP contribution in [0.25, 0.3) is 0 Å². The van der Waals surface area contributed by atoms with E-state index in [2.05, 4.69) is 64.5 Å². The van der Waals surface area contributed by atoms with E-state index in [0.717, 1.165) is 40.8 Å². The van der Waals surface area contributed by atoms with E-state index in [1.807, 2.05) is 6.92 Å². The summed E-state index contributed by atoms with van der Waals surface area (Å²) in [5.74, 6) is 0.0279. The lowest BCUT2D eigenvalue weighted by atomic mass is 10.1. The third kappa shape index (κ3) is 3.24. The van der Waals surface area contributed by atoms with Crippen molar-refractivity contribution in [1.82, 2.24) is 5.32 Å². The van der Waals surface area contributed by atoms with Crippen LogP contribution >= 0.6 is 15.9 Å². The topological polar surface area (TPSA) is 44.4 Å². The Morgan fingerprint density at radius 3 is 2.76 bits per heavy atom. The van der Waals surface area contributed by atoms with Crippen LogP contribution in [0.4, 0.5) is 11.4 Å². The van der Waals surface area contributed by atoms with Crippen LogP contribution in [0, 0.1) is 0 Å². The molecule has 0 bridgehead atoms. The van der Waals surface area contributed by atoms with E-state index >= 15 is 0 Å². The molecular weight excluding hydrogens is 330 g/mol. The molecule has 2 N–H and O–H groups in total. The second-order valence-corrected chi connectivity index (χ2v) is 6.47. The number of anilines is 2. The van der Waals surface area contributed by atoms with Crippen molar-refractivity contribution in [3.63, 3.8) is 0 Å². The third-order valence-electron chi connectivity index (χ3n) is 4.11. The molecule has 2 atom stereocenters. The SMILES string of the molecule is CCCC(C)N(C)c1cc2c(cc1Br)C(NCC)C(=O)N2. The summed E-state index contributed by atoms with van der Waals surface area (Å²) in [4.78, 5) is 14.3. The minimum absolute atomic E-state index is 0.0279. The normalized spacial score (nSPS) is 18.3. The monoisotopic (exact) mass is 353 g/mol. The number of hydrogen-bond donors (Lipinski definition) is 2. The van der Waals surface area contributed by atoms with Crippen LogP contribution in [0.1, 0.15) is 45.2 Å². The van der Waals surface area contributed by atoms with E-state index < -0.39 is 0 Å². The van der Waals surface area contributed by atoms with Gasteiger partial charge in [0.15, 0.2) is 0 Å². The predicted octanol–water partition coefficient (Wildman–Crippen LogP) is 3.68. The molecule has 1 aliphatic rings. The molecule has 0 aromatic heterocycles. The first-order valence-corrected chi connectivity index (χ1v) is 8.39. The summed E-state index contributed by atoms with van der Waals surface area (Å²) in [5.41, 5.74) is 3.06. The van der Waals surface area contributed by atoms with Crippen LogP contribution in [-0.2, 0) is 4.79 Å². The molecule has 2 unspecified atom stereocenters. The van der Waals surface area contributed by atoms with Crippen molar-refractivity contribution in [3.05, 3.63) is 22.2 Å². The van der Waals surface area contributed by atoms with Gasteiger partial charge in [0.25, 0.3) is 0 Å². The van der Waals surface area contributed by atoms with Gasteiger partial charge in [0.05, 0.1) is 5.69 Å². The molecule has 116 valence electrons. The smallest absolute Gasteiger partial charge is 0.246 e. The Bertz CT molecular complexity index is 532. The van der Waals surface area contributed by atoms with E-state index in [0.29, 0.717) is 6.04 Å².